The molecule has 4 aromatic carbocycles. The van der Waals surface area contributed by atoms with Crippen LogP contribution >= 0.6 is 28.1 Å². The van der Waals surface area contributed by atoms with Gasteiger partial charge in [0.1, 0.15) is 5.52 Å². The van der Waals surface area contributed by atoms with Crippen LogP contribution in [-0.4, -0.2) is 16.0 Å². The number of rotatable bonds is 3. The molecule has 1 heterocycles. The molecule has 0 atom stereocenters. The average molecular weight is 502 g/mol. The first-order valence-corrected chi connectivity index (χ1v) is 11.0. The lowest BCUT2D eigenvalue weighted by molar-refractivity contribution is 0.0977. The highest BCUT2D eigenvalue weighted by atomic mass is 79.9. The summed E-state index contributed by atoms with van der Waals surface area (Å²) < 4.78 is 6.91. The van der Waals surface area contributed by atoms with E-state index in [4.69, 9.17) is 21.6 Å². The van der Waals surface area contributed by atoms with Gasteiger partial charge in [0, 0.05) is 26.7 Å². The minimum Gasteiger partial charge on any atom is -0.436 e. The van der Waals surface area contributed by atoms with Crippen LogP contribution < -0.4 is 10.6 Å². The minimum absolute atomic E-state index is 0.207. The first-order valence-electron chi connectivity index (χ1n) is 9.83. The zero-order valence-electron chi connectivity index (χ0n) is 16.6. The zero-order chi connectivity index (χ0) is 22.1. The molecule has 0 aliphatic carbocycles. The van der Waals surface area contributed by atoms with Crippen LogP contribution in [0.5, 0.6) is 0 Å². The summed E-state index contributed by atoms with van der Waals surface area (Å²) in [4.78, 5) is 17.1. The highest BCUT2D eigenvalue weighted by molar-refractivity contribution is 9.10. The maximum absolute atomic E-state index is 12.4. The fourth-order valence-corrected chi connectivity index (χ4v) is 3.93. The van der Waals surface area contributed by atoms with Gasteiger partial charge in [-0.3, -0.25) is 10.1 Å². The number of benzene rings is 4. The van der Waals surface area contributed by atoms with Crippen molar-refractivity contribution < 1.29 is 9.21 Å². The average Bonchev–Trinajstić information content (AvgIpc) is 3.25. The number of thiocarbonyl (C=S) groups is 1. The van der Waals surface area contributed by atoms with Gasteiger partial charge in [0.25, 0.3) is 5.91 Å². The van der Waals surface area contributed by atoms with E-state index in [1.165, 1.54) is 0 Å². The van der Waals surface area contributed by atoms with Crippen LogP contribution in [0.3, 0.4) is 0 Å². The molecule has 0 bridgehead atoms. The molecule has 1 aromatic heterocycles. The van der Waals surface area contributed by atoms with Gasteiger partial charge in [-0.15, -0.1) is 0 Å². The lowest BCUT2D eigenvalue weighted by atomic mass is 10.1. The molecule has 0 radical (unpaired) electrons. The van der Waals surface area contributed by atoms with Gasteiger partial charge in [0.15, 0.2) is 10.7 Å². The molecular weight excluding hydrogens is 486 g/mol. The number of aromatic nitrogens is 1. The first kappa shape index (κ1) is 20.4. The van der Waals surface area contributed by atoms with Crippen molar-refractivity contribution in [1.82, 2.24) is 10.3 Å². The number of hydrogen-bond donors (Lipinski definition) is 2. The highest BCUT2D eigenvalue weighted by Crippen LogP contribution is 2.30. The lowest BCUT2D eigenvalue weighted by Crippen LogP contribution is -2.34. The number of fused-ring (bicyclic) bond motifs is 3. The van der Waals surface area contributed by atoms with E-state index >= 15 is 0 Å². The monoisotopic (exact) mass is 501 g/mol. The van der Waals surface area contributed by atoms with Crippen molar-refractivity contribution in [3.63, 3.8) is 0 Å². The molecule has 0 fully saturated rings. The highest BCUT2D eigenvalue weighted by Gasteiger charge is 2.12. The van der Waals surface area contributed by atoms with Crippen molar-refractivity contribution in [3.05, 3.63) is 95.0 Å². The normalized spacial score (nSPS) is 10.9. The quantitative estimate of drug-likeness (QED) is 0.275. The van der Waals surface area contributed by atoms with E-state index < -0.39 is 0 Å². The SMILES string of the molecule is O=C(NC(=S)Nc1cccc(-c2nc3c(ccc4ccccc43)o2)c1)c1ccc(Br)cc1. The molecule has 5 aromatic rings. The van der Waals surface area contributed by atoms with Crippen molar-refractivity contribution in [3.8, 4) is 11.5 Å². The smallest absolute Gasteiger partial charge is 0.257 e. The largest absolute Gasteiger partial charge is 0.436 e. The number of carbonyl (C=O) groups excluding carboxylic acids is 1. The molecule has 0 saturated heterocycles. The number of carbonyl (C=O) groups is 1. The number of nitrogens with one attached hydrogen (secondary N) is 2. The second kappa shape index (κ2) is 8.53. The molecule has 1 amide bonds. The van der Waals surface area contributed by atoms with Gasteiger partial charge in [-0.2, -0.15) is 0 Å². The predicted molar refractivity (Wildman–Crippen MR) is 135 cm³/mol. The standard InChI is InChI=1S/C25H16BrN3O2S/c26-18-11-8-16(9-12-18)23(30)29-25(32)27-19-6-3-5-17(14-19)24-28-22-20-7-2-1-4-15(20)10-13-21(22)31-24/h1-14H,(H2,27,29,30,32). The van der Waals surface area contributed by atoms with E-state index in [0.29, 0.717) is 11.5 Å². The fraction of sp³-hybridized carbons (Fsp3) is 0. The van der Waals surface area contributed by atoms with Gasteiger partial charge in [-0.1, -0.05) is 52.3 Å². The number of hydrogen-bond acceptors (Lipinski definition) is 4. The lowest BCUT2D eigenvalue weighted by Gasteiger charge is -2.10. The van der Waals surface area contributed by atoms with E-state index in [9.17, 15) is 4.79 Å². The van der Waals surface area contributed by atoms with Gasteiger partial charge < -0.3 is 9.73 Å². The van der Waals surface area contributed by atoms with Crippen LogP contribution in [0.2, 0.25) is 0 Å². The molecule has 2 N–H and O–H groups in total. The maximum atomic E-state index is 12.4. The third-order valence-corrected chi connectivity index (χ3v) is 5.72. The van der Waals surface area contributed by atoms with Crippen molar-refractivity contribution in [2.45, 2.75) is 0 Å². The third kappa shape index (κ3) is 4.12. The molecular formula is C25H16BrN3O2S. The summed E-state index contributed by atoms with van der Waals surface area (Å²) in [5.41, 5.74) is 3.60. The van der Waals surface area contributed by atoms with E-state index in [1.807, 2.05) is 54.6 Å². The topological polar surface area (TPSA) is 67.2 Å². The second-order valence-electron chi connectivity index (χ2n) is 7.15. The number of nitrogens with zero attached hydrogens (tertiary/aromatic N) is 1. The van der Waals surface area contributed by atoms with Gasteiger partial charge in [-0.25, -0.2) is 4.98 Å². The Kier molecular flexibility index (Phi) is 5.43. The predicted octanol–water partition coefficient (Wildman–Crippen LogP) is 6.54. The Morgan fingerprint density at radius 2 is 1.75 bits per heavy atom. The van der Waals surface area contributed by atoms with Gasteiger partial charge in [0.2, 0.25) is 5.89 Å². The van der Waals surface area contributed by atoms with Gasteiger partial charge in [0.05, 0.1) is 0 Å². The van der Waals surface area contributed by atoms with Crippen LogP contribution in [0.1, 0.15) is 10.4 Å². The molecule has 32 heavy (non-hydrogen) atoms. The van der Waals surface area contributed by atoms with Crippen LogP contribution in [-0.2, 0) is 0 Å². The molecule has 0 aliphatic rings. The van der Waals surface area contributed by atoms with Gasteiger partial charge in [-0.05, 0) is 66.1 Å². The maximum Gasteiger partial charge on any atom is 0.257 e. The first-order chi connectivity index (χ1) is 15.6. The third-order valence-electron chi connectivity index (χ3n) is 4.98. The summed E-state index contributed by atoms with van der Waals surface area (Å²) in [5.74, 6) is 0.238. The van der Waals surface area contributed by atoms with E-state index in [1.54, 1.807) is 24.3 Å². The van der Waals surface area contributed by atoms with E-state index in [0.717, 1.165) is 37.6 Å². The number of halogens is 1. The Labute approximate surface area is 197 Å². The Morgan fingerprint density at radius 1 is 0.938 bits per heavy atom. The van der Waals surface area contributed by atoms with Crippen molar-refractivity contribution in [2.24, 2.45) is 0 Å². The molecule has 156 valence electrons. The molecule has 5 rings (SSSR count). The summed E-state index contributed by atoms with van der Waals surface area (Å²) in [7, 11) is 0. The van der Waals surface area contributed by atoms with E-state index in [2.05, 4.69) is 32.6 Å². The summed E-state index contributed by atoms with van der Waals surface area (Å²) in [5, 5.41) is 8.11. The number of anilines is 1. The fourth-order valence-electron chi connectivity index (χ4n) is 3.45. The minimum atomic E-state index is -0.281. The number of oxazole rings is 1. The Balaban J connectivity index is 1.36. The summed E-state index contributed by atoms with van der Waals surface area (Å²) in [6, 6.07) is 26.6. The van der Waals surface area contributed by atoms with E-state index in [-0.39, 0.29) is 11.0 Å². The molecule has 7 heteroatoms. The summed E-state index contributed by atoms with van der Waals surface area (Å²) in [6.07, 6.45) is 0. The molecule has 5 nitrogen and oxygen atoms in total. The summed E-state index contributed by atoms with van der Waals surface area (Å²) >= 11 is 8.67. The molecule has 0 saturated carbocycles. The number of amides is 1. The Bertz CT molecular complexity index is 1480. The van der Waals surface area contributed by atoms with Crippen LogP contribution in [0.15, 0.2) is 93.8 Å². The Morgan fingerprint density at radius 3 is 2.59 bits per heavy atom. The van der Waals surface area contributed by atoms with Crippen molar-refractivity contribution in [1.29, 1.82) is 0 Å². The summed E-state index contributed by atoms with van der Waals surface area (Å²) in [6.45, 7) is 0. The zero-order valence-corrected chi connectivity index (χ0v) is 19.0. The van der Waals surface area contributed by atoms with Gasteiger partial charge >= 0.3 is 0 Å². The van der Waals surface area contributed by atoms with Crippen LogP contribution in [0.25, 0.3) is 33.3 Å². The van der Waals surface area contributed by atoms with Crippen molar-refractivity contribution in [2.75, 3.05) is 5.32 Å². The molecule has 0 spiro atoms. The molecule has 0 aliphatic heterocycles. The molecule has 0 unspecified atom stereocenters. The van der Waals surface area contributed by atoms with Crippen molar-refractivity contribution >= 4 is 66.7 Å². The second-order valence-corrected chi connectivity index (χ2v) is 8.47. The van der Waals surface area contributed by atoms with Crippen LogP contribution in [0.4, 0.5) is 5.69 Å². The van der Waals surface area contributed by atoms with Crippen LogP contribution in [0, 0.1) is 0 Å². The Hall–Kier alpha value is -3.55.